The molecule has 6 nitrogen and oxygen atoms in total. The van der Waals surface area contributed by atoms with Crippen molar-refractivity contribution >= 4 is 5.97 Å². The van der Waals surface area contributed by atoms with Gasteiger partial charge in [-0.25, -0.2) is 4.98 Å². The molecule has 2 heterocycles. The summed E-state index contributed by atoms with van der Waals surface area (Å²) in [6.07, 6.45) is 7.91. The topological polar surface area (TPSA) is 67.6 Å². The first kappa shape index (κ1) is 17.7. The van der Waals surface area contributed by atoms with Crippen molar-refractivity contribution in [3.63, 3.8) is 0 Å². The number of carboxylic acids is 1. The molecule has 0 saturated carbocycles. The Labute approximate surface area is 137 Å². The molecule has 1 saturated heterocycles. The number of carboxylic acid groups (broad SMARTS) is 1. The molecule has 0 spiro atoms. The van der Waals surface area contributed by atoms with E-state index in [1.165, 1.54) is 5.57 Å². The van der Waals surface area contributed by atoms with E-state index in [4.69, 9.17) is 4.74 Å². The molecule has 0 amide bonds. The molecule has 1 atom stereocenters. The highest BCUT2D eigenvalue weighted by Crippen LogP contribution is 2.35. The van der Waals surface area contributed by atoms with Crippen molar-refractivity contribution in [2.24, 2.45) is 5.41 Å². The van der Waals surface area contributed by atoms with E-state index in [2.05, 4.69) is 9.88 Å². The zero-order chi connectivity index (χ0) is 16.9. The van der Waals surface area contributed by atoms with Gasteiger partial charge >= 0.3 is 5.97 Å². The minimum atomic E-state index is -0.695. The second-order valence-corrected chi connectivity index (χ2v) is 6.62. The van der Waals surface area contributed by atoms with Crippen molar-refractivity contribution < 1.29 is 14.6 Å². The fourth-order valence-electron chi connectivity index (χ4n) is 3.14. The summed E-state index contributed by atoms with van der Waals surface area (Å²) in [6, 6.07) is 0. The van der Waals surface area contributed by atoms with Crippen LogP contribution in [0.2, 0.25) is 0 Å². The average molecular weight is 321 g/mol. The number of carbonyl (C=O) groups is 1. The van der Waals surface area contributed by atoms with Crippen molar-refractivity contribution in [2.45, 2.75) is 46.4 Å². The lowest BCUT2D eigenvalue weighted by molar-refractivity contribution is -0.152. The molecule has 6 heteroatoms. The van der Waals surface area contributed by atoms with Crippen LogP contribution in [0.25, 0.3) is 0 Å². The van der Waals surface area contributed by atoms with E-state index >= 15 is 0 Å². The smallest absolute Gasteiger partial charge is 0.311 e. The number of ether oxygens (including phenoxy) is 1. The molecule has 1 aromatic heterocycles. The second kappa shape index (κ2) is 7.75. The van der Waals surface area contributed by atoms with E-state index in [0.29, 0.717) is 26.2 Å². The quantitative estimate of drug-likeness (QED) is 0.782. The lowest BCUT2D eigenvalue weighted by Gasteiger charge is -2.39. The highest BCUT2D eigenvalue weighted by atomic mass is 16.5. The average Bonchev–Trinajstić information content (AvgIpc) is 2.93. The van der Waals surface area contributed by atoms with E-state index in [1.807, 2.05) is 30.7 Å². The number of likely N-dealkylation sites (tertiary alicyclic amines) is 1. The molecule has 0 radical (unpaired) electrons. The summed E-state index contributed by atoms with van der Waals surface area (Å²) in [5, 5.41) is 9.79. The number of piperidine rings is 1. The predicted molar refractivity (Wildman–Crippen MR) is 87.9 cm³/mol. The van der Waals surface area contributed by atoms with Crippen LogP contribution in [0.1, 0.15) is 38.9 Å². The van der Waals surface area contributed by atoms with Crippen LogP contribution in [0.4, 0.5) is 0 Å². The van der Waals surface area contributed by atoms with Gasteiger partial charge in [-0.15, -0.1) is 0 Å². The van der Waals surface area contributed by atoms with Crippen LogP contribution >= 0.6 is 0 Å². The molecule has 1 aliphatic heterocycles. The van der Waals surface area contributed by atoms with Gasteiger partial charge in [0.1, 0.15) is 12.6 Å². The van der Waals surface area contributed by atoms with Gasteiger partial charge in [0.05, 0.1) is 12.0 Å². The zero-order valence-electron chi connectivity index (χ0n) is 14.3. The highest BCUT2D eigenvalue weighted by molar-refractivity contribution is 5.75. The van der Waals surface area contributed by atoms with E-state index in [9.17, 15) is 9.90 Å². The van der Waals surface area contributed by atoms with Crippen molar-refractivity contribution in [1.29, 1.82) is 0 Å². The first-order chi connectivity index (χ1) is 11.0. The standard InChI is InChI=1S/C17H27N3O3/c1-14(2)5-7-17(16(21)22)6-4-9-19(12-17)11-15-18-8-10-20(15)13-23-3/h5,8,10H,4,6-7,9,11-13H2,1-3H3,(H,21,22)/t17-/m0/s1. The van der Waals surface area contributed by atoms with Gasteiger partial charge in [0.15, 0.2) is 0 Å². The Balaban J connectivity index is 2.10. The molecule has 2 rings (SSSR count). The maximum atomic E-state index is 11.9. The van der Waals surface area contributed by atoms with E-state index in [1.54, 1.807) is 13.3 Å². The lowest BCUT2D eigenvalue weighted by Crippen LogP contribution is -2.47. The van der Waals surface area contributed by atoms with Crippen molar-refractivity contribution in [2.75, 3.05) is 20.2 Å². The van der Waals surface area contributed by atoms with Crippen molar-refractivity contribution in [3.05, 3.63) is 29.9 Å². The minimum Gasteiger partial charge on any atom is -0.481 e. The summed E-state index contributed by atoms with van der Waals surface area (Å²) < 4.78 is 7.11. The second-order valence-electron chi connectivity index (χ2n) is 6.62. The Morgan fingerprint density at radius 1 is 1.52 bits per heavy atom. The molecule has 23 heavy (non-hydrogen) atoms. The van der Waals surface area contributed by atoms with Crippen LogP contribution in [0.3, 0.4) is 0 Å². The third-order valence-corrected chi connectivity index (χ3v) is 4.45. The van der Waals surface area contributed by atoms with Crippen molar-refractivity contribution in [3.8, 4) is 0 Å². The molecule has 0 aliphatic carbocycles. The van der Waals surface area contributed by atoms with Crippen LogP contribution in [0.5, 0.6) is 0 Å². The Morgan fingerprint density at radius 2 is 2.30 bits per heavy atom. The Hall–Kier alpha value is -1.66. The summed E-state index contributed by atoms with van der Waals surface area (Å²) in [4.78, 5) is 18.5. The third-order valence-electron chi connectivity index (χ3n) is 4.45. The van der Waals surface area contributed by atoms with Crippen LogP contribution in [0, 0.1) is 5.41 Å². The molecule has 1 N–H and O–H groups in total. The summed E-state index contributed by atoms with van der Waals surface area (Å²) in [7, 11) is 1.65. The van der Waals surface area contributed by atoms with Crippen LogP contribution in [-0.2, 0) is 22.8 Å². The van der Waals surface area contributed by atoms with E-state index in [-0.39, 0.29) is 0 Å². The number of hydrogen-bond donors (Lipinski definition) is 1. The van der Waals surface area contributed by atoms with Gasteiger partial charge < -0.3 is 14.4 Å². The van der Waals surface area contributed by atoms with Crippen LogP contribution in [-0.4, -0.2) is 45.7 Å². The Bertz CT molecular complexity index is 563. The molecule has 0 unspecified atom stereocenters. The molecule has 128 valence electrons. The zero-order valence-corrected chi connectivity index (χ0v) is 14.3. The molecule has 1 aromatic rings. The summed E-state index contributed by atoms with van der Waals surface area (Å²) in [6.45, 7) is 6.61. The fraction of sp³-hybridized carbons (Fsp3) is 0.647. The van der Waals surface area contributed by atoms with Gasteiger partial charge in [-0.2, -0.15) is 0 Å². The molecule has 1 aliphatic rings. The van der Waals surface area contributed by atoms with Crippen LogP contribution < -0.4 is 0 Å². The predicted octanol–water partition coefficient (Wildman–Crippen LogP) is 2.51. The fourth-order valence-corrected chi connectivity index (χ4v) is 3.14. The largest absolute Gasteiger partial charge is 0.481 e. The van der Waals surface area contributed by atoms with E-state index < -0.39 is 11.4 Å². The first-order valence-corrected chi connectivity index (χ1v) is 8.05. The maximum absolute atomic E-state index is 11.9. The first-order valence-electron chi connectivity index (χ1n) is 8.05. The molecule has 1 fully saturated rings. The molecular weight excluding hydrogens is 294 g/mol. The van der Waals surface area contributed by atoms with Gasteiger partial charge in [-0.05, 0) is 39.7 Å². The molecular formula is C17H27N3O3. The van der Waals surface area contributed by atoms with Gasteiger partial charge in [0, 0.05) is 26.0 Å². The third kappa shape index (κ3) is 4.42. The summed E-state index contributed by atoms with van der Waals surface area (Å²) >= 11 is 0. The normalized spacial score (nSPS) is 22.0. The number of methoxy groups -OCH3 is 1. The molecule has 0 aromatic carbocycles. The minimum absolute atomic E-state index is 0.463. The monoisotopic (exact) mass is 321 g/mol. The number of imidazole rings is 1. The van der Waals surface area contributed by atoms with E-state index in [0.717, 1.165) is 25.2 Å². The summed E-state index contributed by atoms with van der Waals surface area (Å²) in [5.74, 6) is 0.218. The van der Waals surface area contributed by atoms with Crippen LogP contribution in [0.15, 0.2) is 24.0 Å². The molecule has 0 bridgehead atoms. The highest BCUT2D eigenvalue weighted by Gasteiger charge is 2.41. The number of aliphatic carboxylic acids is 1. The number of allylic oxidation sites excluding steroid dienone is 2. The van der Waals surface area contributed by atoms with Gasteiger partial charge in [0.2, 0.25) is 0 Å². The van der Waals surface area contributed by atoms with Crippen molar-refractivity contribution in [1.82, 2.24) is 14.5 Å². The SMILES string of the molecule is COCn1ccnc1CN1CCC[C@@](CC=C(C)C)(C(=O)O)C1. The van der Waals surface area contributed by atoms with Gasteiger partial charge in [-0.3, -0.25) is 9.69 Å². The number of hydrogen-bond acceptors (Lipinski definition) is 4. The maximum Gasteiger partial charge on any atom is 0.311 e. The number of nitrogens with zero attached hydrogens (tertiary/aromatic N) is 3. The number of aromatic nitrogens is 2. The summed E-state index contributed by atoms with van der Waals surface area (Å²) in [5.41, 5.74) is 0.479. The van der Waals surface area contributed by atoms with Gasteiger partial charge in [-0.1, -0.05) is 11.6 Å². The Morgan fingerprint density at radius 3 is 2.96 bits per heavy atom. The lowest BCUT2D eigenvalue weighted by atomic mass is 9.76. The Kier molecular flexibility index (Phi) is 5.96. The number of rotatable bonds is 7. The van der Waals surface area contributed by atoms with Gasteiger partial charge in [0.25, 0.3) is 0 Å².